The van der Waals surface area contributed by atoms with Gasteiger partial charge in [-0.25, -0.2) is 5.43 Å². The molecule has 3 aromatic rings. The number of halogens is 1. The SMILES string of the molecule is Cc1c(Br)cccc1C(NN)c1cccc2ccccc12. The molecule has 21 heavy (non-hydrogen) atoms. The summed E-state index contributed by atoms with van der Waals surface area (Å²) < 4.78 is 1.10. The molecule has 0 heterocycles. The van der Waals surface area contributed by atoms with Gasteiger partial charge in [-0.2, -0.15) is 0 Å². The molecule has 0 fully saturated rings. The van der Waals surface area contributed by atoms with E-state index >= 15 is 0 Å². The molecule has 0 aliphatic carbocycles. The van der Waals surface area contributed by atoms with Crippen molar-refractivity contribution in [1.82, 2.24) is 5.43 Å². The molecule has 2 nitrogen and oxygen atoms in total. The minimum Gasteiger partial charge on any atom is -0.271 e. The van der Waals surface area contributed by atoms with Crippen LogP contribution in [0.5, 0.6) is 0 Å². The topological polar surface area (TPSA) is 38.0 Å². The van der Waals surface area contributed by atoms with E-state index < -0.39 is 0 Å². The number of fused-ring (bicyclic) bond motifs is 1. The lowest BCUT2D eigenvalue weighted by atomic mass is 9.92. The van der Waals surface area contributed by atoms with E-state index in [1.807, 2.05) is 6.07 Å². The molecule has 3 heteroatoms. The van der Waals surface area contributed by atoms with E-state index in [1.54, 1.807) is 0 Å². The van der Waals surface area contributed by atoms with Gasteiger partial charge in [0.05, 0.1) is 6.04 Å². The summed E-state index contributed by atoms with van der Waals surface area (Å²) in [6.07, 6.45) is 0. The van der Waals surface area contributed by atoms with Gasteiger partial charge < -0.3 is 0 Å². The maximum absolute atomic E-state index is 5.88. The smallest absolute Gasteiger partial charge is 0.0719 e. The van der Waals surface area contributed by atoms with Crippen molar-refractivity contribution < 1.29 is 0 Å². The van der Waals surface area contributed by atoms with E-state index in [2.05, 4.69) is 82.9 Å². The molecule has 1 atom stereocenters. The van der Waals surface area contributed by atoms with Crippen molar-refractivity contribution in [2.45, 2.75) is 13.0 Å². The highest BCUT2D eigenvalue weighted by atomic mass is 79.9. The van der Waals surface area contributed by atoms with E-state index in [9.17, 15) is 0 Å². The van der Waals surface area contributed by atoms with Crippen LogP contribution in [0.4, 0.5) is 0 Å². The molecule has 106 valence electrons. The fraction of sp³-hybridized carbons (Fsp3) is 0.111. The number of nitrogens with two attached hydrogens (primary N) is 1. The molecule has 3 aromatic carbocycles. The average Bonchev–Trinajstić information content (AvgIpc) is 2.52. The second-order valence-electron chi connectivity index (χ2n) is 5.12. The number of hydrogen-bond acceptors (Lipinski definition) is 2. The highest BCUT2D eigenvalue weighted by Crippen LogP contribution is 2.32. The van der Waals surface area contributed by atoms with Gasteiger partial charge in [-0.1, -0.05) is 70.5 Å². The summed E-state index contributed by atoms with van der Waals surface area (Å²) in [4.78, 5) is 0. The minimum atomic E-state index is -0.0337. The average molecular weight is 341 g/mol. The van der Waals surface area contributed by atoms with Crippen molar-refractivity contribution in [1.29, 1.82) is 0 Å². The molecule has 0 amide bonds. The lowest BCUT2D eigenvalue weighted by Gasteiger charge is -2.21. The standard InChI is InChI=1S/C18H17BrN2/c1-12-14(9-5-11-17(12)19)18(21-20)16-10-4-7-13-6-2-3-8-15(13)16/h2-11,18,21H,20H2,1H3. The number of hydrazine groups is 1. The number of nitrogens with one attached hydrogen (secondary N) is 1. The van der Waals surface area contributed by atoms with Crippen molar-refractivity contribution in [2.75, 3.05) is 0 Å². The first kappa shape index (κ1) is 14.3. The van der Waals surface area contributed by atoms with Gasteiger partial charge in [0.2, 0.25) is 0 Å². The van der Waals surface area contributed by atoms with E-state index in [0.717, 1.165) is 4.47 Å². The van der Waals surface area contributed by atoms with Crippen molar-refractivity contribution in [3.05, 3.63) is 81.8 Å². The maximum Gasteiger partial charge on any atom is 0.0719 e. The predicted octanol–water partition coefficient (Wildman–Crippen LogP) is 4.46. The van der Waals surface area contributed by atoms with Gasteiger partial charge in [-0.05, 0) is 40.5 Å². The van der Waals surface area contributed by atoms with Gasteiger partial charge in [-0.3, -0.25) is 5.84 Å². The van der Waals surface area contributed by atoms with Gasteiger partial charge >= 0.3 is 0 Å². The Hall–Kier alpha value is -1.68. The van der Waals surface area contributed by atoms with Crippen LogP contribution in [-0.4, -0.2) is 0 Å². The Morgan fingerprint density at radius 2 is 1.57 bits per heavy atom. The monoisotopic (exact) mass is 340 g/mol. The summed E-state index contributed by atoms with van der Waals surface area (Å²) >= 11 is 3.60. The molecular weight excluding hydrogens is 324 g/mol. The van der Waals surface area contributed by atoms with E-state index in [-0.39, 0.29) is 6.04 Å². The van der Waals surface area contributed by atoms with Crippen LogP contribution in [0.2, 0.25) is 0 Å². The molecule has 0 aromatic heterocycles. The van der Waals surface area contributed by atoms with Gasteiger partial charge in [0.25, 0.3) is 0 Å². The molecule has 0 spiro atoms. The Morgan fingerprint density at radius 3 is 2.38 bits per heavy atom. The first-order valence-electron chi connectivity index (χ1n) is 6.91. The first-order chi connectivity index (χ1) is 10.2. The normalized spacial score (nSPS) is 12.5. The molecule has 3 rings (SSSR count). The van der Waals surface area contributed by atoms with Crippen LogP contribution in [0.1, 0.15) is 22.7 Å². The zero-order valence-corrected chi connectivity index (χ0v) is 13.4. The van der Waals surface area contributed by atoms with Crippen molar-refractivity contribution in [3.63, 3.8) is 0 Å². The van der Waals surface area contributed by atoms with Crippen LogP contribution in [0.15, 0.2) is 65.1 Å². The molecule has 0 aliphatic rings. The fourth-order valence-electron chi connectivity index (χ4n) is 2.79. The second-order valence-corrected chi connectivity index (χ2v) is 5.98. The number of hydrogen-bond donors (Lipinski definition) is 2. The zero-order valence-electron chi connectivity index (χ0n) is 11.8. The fourth-order valence-corrected chi connectivity index (χ4v) is 3.17. The van der Waals surface area contributed by atoms with Crippen molar-refractivity contribution in [2.24, 2.45) is 5.84 Å². The summed E-state index contributed by atoms with van der Waals surface area (Å²) in [5.74, 6) is 5.88. The Morgan fingerprint density at radius 1 is 0.905 bits per heavy atom. The Bertz CT molecular complexity index is 778. The molecule has 0 radical (unpaired) electrons. The highest BCUT2D eigenvalue weighted by molar-refractivity contribution is 9.10. The Labute approximate surface area is 133 Å². The summed E-state index contributed by atoms with van der Waals surface area (Å²) in [5, 5.41) is 2.45. The van der Waals surface area contributed by atoms with E-state index in [1.165, 1.54) is 27.5 Å². The lowest BCUT2D eigenvalue weighted by Crippen LogP contribution is -2.29. The van der Waals surface area contributed by atoms with E-state index in [0.29, 0.717) is 0 Å². The van der Waals surface area contributed by atoms with Crippen LogP contribution in [-0.2, 0) is 0 Å². The summed E-state index contributed by atoms with van der Waals surface area (Å²) in [7, 11) is 0. The molecule has 0 saturated carbocycles. The van der Waals surface area contributed by atoms with E-state index in [4.69, 9.17) is 5.84 Å². The van der Waals surface area contributed by atoms with Crippen LogP contribution < -0.4 is 11.3 Å². The maximum atomic E-state index is 5.88. The van der Waals surface area contributed by atoms with Crippen LogP contribution in [0, 0.1) is 6.92 Å². The molecule has 0 saturated heterocycles. The minimum absolute atomic E-state index is 0.0337. The first-order valence-corrected chi connectivity index (χ1v) is 7.70. The molecule has 0 bridgehead atoms. The largest absolute Gasteiger partial charge is 0.271 e. The lowest BCUT2D eigenvalue weighted by molar-refractivity contribution is 0.637. The predicted molar refractivity (Wildman–Crippen MR) is 92.0 cm³/mol. The number of rotatable bonds is 3. The van der Waals surface area contributed by atoms with Gasteiger partial charge in [-0.15, -0.1) is 0 Å². The van der Waals surface area contributed by atoms with Gasteiger partial charge in [0.1, 0.15) is 0 Å². The second kappa shape index (κ2) is 5.98. The third kappa shape index (κ3) is 2.60. The van der Waals surface area contributed by atoms with Crippen LogP contribution in [0.25, 0.3) is 10.8 Å². The Kier molecular flexibility index (Phi) is 4.06. The molecule has 3 N–H and O–H groups in total. The van der Waals surface area contributed by atoms with Gasteiger partial charge in [0, 0.05) is 4.47 Å². The van der Waals surface area contributed by atoms with Gasteiger partial charge in [0.15, 0.2) is 0 Å². The molecular formula is C18H17BrN2. The van der Waals surface area contributed by atoms with Crippen LogP contribution >= 0.6 is 15.9 Å². The summed E-state index contributed by atoms with van der Waals surface area (Å²) in [6, 6.07) is 20.9. The third-order valence-electron chi connectivity index (χ3n) is 3.92. The number of benzene rings is 3. The molecule has 1 unspecified atom stereocenters. The third-order valence-corrected chi connectivity index (χ3v) is 4.78. The van der Waals surface area contributed by atoms with Crippen molar-refractivity contribution >= 4 is 26.7 Å². The Balaban J connectivity index is 2.21. The quantitative estimate of drug-likeness (QED) is 0.545. The zero-order chi connectivity index (χ0) is 14.8. The highest BCUT2D eigenvalue weighted by Gasteiger charge is 2.17. The van der Waals surface area contributed by atoms with Crippen LogP contribution in [0.3, 0.4) is 0 Å². The molecule has 0 aliphatic heterocycles. The summed E-state index contributed by atoms with van der Waals surface area (Å²) in [5.41, 5.74) is 6.55. The van der Waals surface area contributed by atoms with Crippen molar-refractivity contribution in [3.8, 4) is 0 Å². The summed E-state index contributed by atoms with van der Waals surface area (Å²) in [6.45, 7) is 2.11.